The van der Waals surface area contributed by atoms with Crippen molar-refractivity contribution in [3.05, 3.63) is 101 Å². The fraction of sp³-hybridized carbons (Fsp3) is 0.0526. The zero-order valence-corrected chi connectivity index (χ0v) is 12.3. The molecule has 0 heterocycles. The number of nitrogens with two attached hydrogens (primary N) is 1. The number of hydrogen-bond donors (Lipinski definition) is 1. The average molecular weight is 294 g/mol. The van der Waals surface area contributed by atoms with E-state index in [2.05, 4.69) is 48.5 Å². The number of anilines is 1. The number of hydrogen-bond acceptors (Lipinski definition) is 1. The Morgan fingerprint density at radius 2 is 1.19 bits per heavy atom. The molecule has 3 aromatic rings. The Morgan fingerprint density at radius 3 is 1.67 bits per heavy atom. The molecule has 0 spiro atoms. The van der Waals surface area contributed by atoms with Gasteiger partial charge in [-0.3, -0.25) is 0 Å². The number of nitrogen functional groups attached to an aromatic ring is 1. The van der Waals surface area contributed by atoms with Crippen molar-refractivity contribution in [2.24, 2.45) is 0 Å². The van der Waals surface area contributed by atoms with Crippen molar-refractivity contribution in [1.29, 1.82) is 0 Å². The molecule has 0 aliphatic rings. The van der Waals surface area contributed by atoms with Gasteiger partial charge in [-0.15, -0.1) is 0 Å². The second kappa shape index (κ2) is 6.02. The second-order valence-corrected chi connectivity index (χ2v) is 5.44. The van der Waals surface area contributed by atoms with E-state index in [1.165, 1.54) is 11.1 Å². The van der Waals surface area contributed by atoms with E-state index in [9.17, 15) is 0 Å². The molecule has 0 bridgehead atoms. The minimum absolute atomic E-state index is 0.158. The smallest absolute Gasteiger partial charge is 0.0638 e. The molecule has 0 saturated heterocycles. The third-order valence-corrected chi connectivity index (χ3v) is 3.95. The van der Waals surface area contributed by atoms with Crippen LogP contribution in [-0.2, 0) is 0 Å². The molecule has 0 saturated carbocycles. The van der Waals surface area contributed by atoms with Crippen LogP contribution in [0.15, 0.2) is 78.9 Å². The van der Waals surface area contributed by atoms with Gasteiger partial charge in [-0.25, -0.2) is 0 Å². The van der Waals surface area contributed by atoms with Crippen LogP contribution in [0, 0.1) is 0 Å². The standard InChI is InChI=1S/C19H16ClN/c20-17-13-16(11-12-18(17)21)19(14-7-3-1-4-8-14)15-9-5-2-6-10-15/h1-13,19H,21H2. The normalized spacial score (nSPS) is 10.8. The van der Waals surface area contributed by atoms with Crippen LogP contribution in [0.5, 0.6) is 0 Å². The Kier molecular flexibility index (Phi) is 3.94. The van der Waals surface area contributed by atoms with Gasteiger partial charge in [-0.2, -0.15) is 0 Å². The molecule has 3 rings (SSSR count). The molecule has 0 unspecified atom stereocenters. The molecule has 1 nitrogen and oxygen atoms in total. The Balaban J connectivity index is 2.14. The predicted molar refractivity (Wildman–Crippen MR) is 89.7 cm³/mol. The van der Waals surface area contributed by atoms with Crippen molar-refractivity contribution in [2.75, 3.05) is 5.73 Å². The first-order valence-corrected chi connectivity index (χ1v) is 7.28. The summed E-state index contributed by atoms with van der Waals surface area (Å²) in [6.07, 6.45) is 0. The van der Waals surface area contributed by atoms with Gasteiger partial charge in [0.25, 0.3) is 0 Å². The molecule has 0 aromatic heterocycles. The third kappa shape index (κ3) is 2.93. The lowest BCUT2D eigenvalue weighted by molar-refractivity contribution is 0.978. The van der Waals surface area contributed by atoms with Crippen LogP contribution in [-0.4, -0.2) is 0 Å². The van der Waals surface area contributed by atoms with E-state index < -0.39 is 0 Å². The lowest BCUT2D eigenvalue weighted by Crippen LogP contribution is -2.03. The maximum Gasteiger partial charge on any atom is 0.0638 e. The van der Waals surface area contributed by atoms with E-state index in [4.69, 9.17) is 17.3 Å². The summed E-state index contributed by atoms with van der Waals surface area (Å²) in [5.74, 6) is 0.158. The molecule has 0 aliphatic carbocycles. The van der Waals surface area contributed by atoms with E-state index in [-0.39, 0.29) is 5.92 Å². The molecule has 0 fully saturated rings. The van der Waals surface area contributed by atoms with Gasteiger partial charge < -0.3 is 5.73 Å². The quantitative estimate of drug-likeness (QED) is 0.527. The van der Waals surface area contributed by atoms with Crippen molar-refractivity contribution in [3.63, 3.8) is 0 Å². The minimum Gasteiger partial charge on any atom is -0.398 e. The van der Waals surface area contributed by atoms with Crippen molar-refractivity contribution < 1.29 is 0 Å². The molecule has 0 amide bonds. The van der Waals surface area contributed by atoms with E-state index in [1.807, 2.05) is 30.3 Å². The van der Waals surface area contributed by atoms with Crippen LogP contribution >= 0.6 is 11.6 Å². The molecule has 0 atom stereocenters. The maximum atomic E-state index is 6.21. The Bertz CT molecular complexity index is 684. The number of benzene rings is 3. The van der Waals surface area contributed by atoms with Crippen LogP contribution in [0.4, 0.5) is 5.69 Å². The topological polar surface area (TPSA) is 26.0 Å². The maximum absolute atomic E-state index is 6.21. The molecule has 2 N–H and O–H groups in total. The van der Waals surface area contributed by atoms with E-state index >= 15 is 0 Å². The monoisotopic (exact) mass is 293 g/mol. The van der Waals surface area contributed by atoms with Crippen molar-refractivity contribution in [2.45, 2.75) is 5.92 Å². The van der Waals surface area contributed by atoms with Crippen molar-refractivity contribution in [3.8, 4) is 0 Å². The summed E-state index contributed by atoms with van der Waals surface area (Å²) < 4.78 is 0. The van der Waals surface area contributed by atoms with Gasteiger partial charge in [0.2, 0.25) is 0 Å². The van der Waals surface area contributed by atoms with Crippen LogP contribution in [0.25, 0.3) is 0 Å². The van der Waals surface area contributed by atoms with Gasteiger partial charge in [0.05, 0.1) is 10.7 Å². The molecule has 3 aromatic carbocycles. The van der Waals surface area contributed by atoms with Gasteiger partial charge in [-0.05, 0) is 28.8 Å². The minimum atomic E-state index is 0.158. The summed E-state index contributed by atoms with van der Waals surface area (Å²) >= 11 is 6.21. The third-order valence-electron chi connectivity index (χ3n) is 3.62. The van der Waals surface area contributed by atoms with Crippen LogP contribution < -0.4 is 5.73 Å². The van der Waals surface area contributed by atoms with Crippen LogP contribution in [0.3, 0.4) is 0 Å². The van der Waals surface area contributed by atoms with Gasteiger partial charge in [0, 0.05) is 5.92 Å². The lowest BCUT2D eigenvalue weighted by atomic mass is 9.85. The molecule has 104 valence electrons. The van der Waals surface area contributed by atoms with Gasteiger partial charge in [0.15, 0.2) is 0 Å². The predicted octanol–water partition coefficient (Wildman–Crippen LogP) is 5.10. The summed E-state index contributed by atoms with van der Waals surface area (Å²) in [4.78, 5) is 0. The first-order chi connectivity index (χ1) is 10.3. The molecule has 0 radical (unpaired) electrons. The molecule has 2 heteroatoms. The first kappa shape index (κ1) is 13.7. The van der Waals surface area contributed by atoms with Gasteiger partial charge in [-0.1, -0.05) is 78.3 Å². The molecular formula is C19H16ClN. The molecule has 0 aliphatic heterocycles. The van der Waals surface area contributed by atoms with E-state index in [1.54, 1.807) is 0 Å². The molecule has 21 heavy (non-hydrogen) atoms. The highest BCUT2D eigenvalue weighted by molar-refractivity contribution is 6.33. The summed E-state index contributed by atoms with van der Waals surface area (Å²) in [5.41, 5.74) is 10.1. The second-order valence-electron chi connectivity index (χ2n) is 5.04. The first-order valence-electron chi connectivity index (χ1n) is 6.90. The Morgan fingerprint density at radius 1 is 0.667 bits per heavy atom. The highest BCUT2D eigenvalue weighted by atomic mass is 35.5. The fourth-order valence-electron chi connectivity index (χ4n) is 2.59. The highest BCUT2D eigenvalue weighted by Gasteiger charge is 2.17. The fourth-order valence-corrected chi connectivity index (χ4v) is 2.78. The largest absolute Gasteiger partial charge is 0.398 e. The van der Waals surface area contributed by atoms with E-state index in [0.29, 0.717) is 10.7 Å². The summed E-state index contributed by atoms with van der Waals surface area (Å²) in [6, 6.07) is 26.7. The van der Waals surface area contributed by atoms with Gasteiger partial charge >= 0.3 is 0 Å². The number of halogens is 1. The molecular weight excluding hydrogens is 278 g/mol. The van der Waals surface area contributed by atoms with Gasteiger partial charge in [0.1, 0.15) is 0 Å². The zero-order valence-electron chi connectivity index (χ0n) is 11.5. The van der Waals surface area contributed by atoms with Crippen LogP contribution in [0.1, 0.15) is 22.6 Å². The number of rotatable bonds is 3. The lowest BCUT2D eigenvalue weighted by Gasteiger charge is -2.19. The Hall–Kier alpha value is -2.25. The zero-order chi connectivity index (χ0) is 14.7. The summed E-state index contributed by atoms with van der Waals surface area (Å²) in [7, 11) is 0. The SMILES string of the molecule is Nc1ccc(C(c2ccccc2)c2ccccc2)cc1Cl. The summed E-state index contributed by atoms with van der Waals surface area (Å²) in [5, 5.41) is 0.601. The van der Waals surface area contributed by atoms with Crippen molar-refractivity contribution in [1.82, 2.24) is 0 Å². The van der Waals surface area contributed by atoms with Crippen molar-refractivity contribution >= 4 is 17.3 Å². The highest BCUT2D eigenvalue weighted by Crippen LogP contribution is 2.34. The van der Waals surface area contributed by atoms with Crippen LogP contribution in [0.2, 0.25) is 5.02 Å². The summed E-state index contributed by atoms with van der Waals surface area (Å²) in [6.45, 7) is 0. The van der Waals surface area contributed by atoms with E-state index in [0.717, 1.165) is 5.56 Å². The average Bonchev–Trinajstić information content (AvgIpc) is 2.53. The Labute approximate surface area is 130 Å².